The van der Waals surface area contributed by atoms with Crippen molar-refractivity contribution in [1.82, 2.24) is 8.87 Å². The van der Waals surface area contributed by atoms with E-state index in [2.05, 4.69) is 11.0 Å². The summed E-state index contributed by atoms with van der Waals surface area (Å²) < 4.78 is 42.1. The second-order valence-corrected chi connectivity index (χ2v) is 14.6. The van der Waals surface area contributed by atoms with Crippen LogP contribution in [0, 0.1) is 29.6 Å². The van der Waals surface area contributed by atoms with Crippen LogP contribution in [-0.2, 0) is 19.6 Å². The molecule has 4 aromatic carbocycles. The molecule has 11 heteroatoms. The number of piperazine rings is 1. The van der Waals surface area contributed by atoms with E-state index in [4.69, 9.17) is 14.7 Å². The molecule has 51 heavy (non-hydrogen) atoms. The number of anilines is 1. The highest BCUT2D eigenvalue weighted by molar-refractivity contribution is 7.90. The summed E-state index contributed by atoms with van der Waals surface area (Å²) in [5, 5.41) is 19.8. The van der Waals surface area contributed by atoms with E-state index in [0.717, 1.165) is 46.2 Å². The van der Waals surface area contributed by atoms with Gasteiger partial charge in [-0.05, 0) is 71.6 Å². The van der Waals surface area contributed by atoms with Crippen molar-refractivity contribution in [3.8, 4) is 40.3 Å². The van der Waals surface area contributed by atoms with Crippen molar-refractivity contribution >= 4 is 32.5 Å². The molecule has 5 aromatic rings. The van der Waals surface area contributed by atoms with Crippen LogP contribution in [0.4, 0.5) is 5.69 Å². The Kier molecular flexibility index (Phi) is 9.50. The average Bonchev–Trinajstić information content (AvgIpc) is 3.59. The van der Waals surface area contributed by atoms with Gasteiger partial charge in [-0.3, -0.25) is 4.79 Å². The standard InChI is InChI=1S/C40H37N5O5S/c1-28-7-13-35(30-10-14-38(31(25-30)27-42)50-33-16-23-49-24-17-33)36-26-37(45(40(28)36)51(47,48)34-5-3-2-4-6-34)29-8-11-32(12-9-29)43-19-21-44(22-20-43)39(46)15-18-41/h2-14,25-26,33H,15-17,19-24H2,1H3. The van der Waals surface area contributed by atoms with Crippen molar-refractivity contribution in [2.75, 3.05) is 44.3 Å². The van der Waals surface area contributed by atoms with Gasteiger partial charge in [0.1, 0.15) is 24.3 Å². The van der Waals surface area contributed by atoms with Crippen molar-refractivity contribution < 1.29 is 22.7 Å². The molecule has 2 aliphatic heterocycles. The summed E-state index contributed by atoms with van der Waals surface area (Å²) in [6.07, 6.45) is 1.39. The number of amides is 1. The van der Waals surface area contributed by atoms with Crippen LogP contribution in [0.2, 0.25) is 0 Å². The molecule has 0 spiro atoms. The van der Waals surface area contributed by atoms with E-state index in [0.29, 0.717) is 61.9 Å². The maximum absolute atomic E-state index is 14.5. The lowest BCUT2D eigenvalue weighted by atomic mass is 9.97. The minimum atomic E-state index is -4.04. The Balaban J connectivity index is 1.30. The molecule has 1 amide bonds. The van der Waals surface area contributed by atoms with E-state index in [9.17, 15) is 18.5 Å². The Morgan fingerprint density at radius 2 is 1.59 bits per heavy atom. The molecular formula is C40H37N5O5S. The Morgan fingerprint density at radius 3 is 2.27 bits per heavy atom. The maximum atomic E-state index is 14.5. The van der Waals surface area contributed by atoms with Crippen molar-refractivity contribution in [3.05, 3.63) is 102 Å². The molecular weight excluding hydrogens is 663 g/mol. The van der Waals surface area contributed by atoms with Crippen LogP contribution in [-0.4, -0.2) is 68.7 Å². The quantitative estimate of drug-likeness (QED) is 0.179. The number of benzene rings is 4. The molecule has 0 radical (unpaired) electrons. The number of aryl methyl sites for hydroxylation is 1. The van der Waals surface area contributed by atoms with Gasteiger partial charge in [0.25, 0.3) is 10.0 Å². The van der Waals surface area contributed by atoms with Crippen molar-refractivity contribution in [2.24, 2.45) is 0 Å². The molecule has 7 rings (SSSR count). The Hall–Kier alpha value is -5.62. The largest absolute Gasteiger partial charge is 0.489 e. The van der Waals surface area contributed by atoms with E-state index in [-0.39, 0.29) is 23.3 Å². The minimum absolute atomic E-state index is 0.0165. The lowest BCUT2D eigenvalue weighted by Crippen LogP contribution is -2.48. The highest BCUT2D eigenvalue weighted by Crippen LogP contribution is 2.40. The summed E-state index contributed by atoms with van der Waals surface area (Å²) in [7, 11) is -4.04. The normalized spacial score (nSPS) is 15.4. The number of fused-ring (bicyclic) bond motifs is 1. The molecule has 0 unspecified atom stereocenters. The molecule has 1 aromatic heterocycles. The average molecular weight is 700 g/mol. The Bertz CT molecular complexity index is 2270. The molecule has 2 fully saturated rings. The summed E-state index contributed by atoms with van der Waals surface area (Å²) in [5.41, 5.74) is 5.55. The highest BCUT2D eigenvalue weighted by atomic mass is 32.2. The summed E-state index contributed by atoms with van der Waals surface area (Å²) in [6.45, 7) is 5.49. The third-order valence-electron chi connectivity index (χ3n) is 9.67. The SMILES string of the molecule is Cc1ccc(-c2ccc(OC3CCOCC3)c(C#N)c2)c2cc(-c3ccc(N4CCN(C(=O)CC#N)CC4)cc3)n(S(=O)(=O)c3ccccc3)c12. The monoisotopic (exact) mass is 699 g/mol. The fraction of sp³-hybridized carbons (Fsp3) is 0.275. The van der Waals surface area contributed by atoms with Gasteiger partial charge in [0.15, 0.2) is 0 Å². The van der Waals surface area contributed by atoms with Gasteiger partial charge < -0.3 is 19.3 Å². The summed E-state index contributed by atoms with van der Waals surface area (Å²) in [5.74, 6) is 0.370. The van der Waals surface area contributed by atoms with E-state index in [1.54, 1.807) is 35.2 Å². The Morgan fingerprint density at radius 1 is 0.882 bits per heavy atom. The second-order valence-electron chi connectivity index (χ2n) is 12.8. The van der Waals surface area contributed by atoms with Crippen LogP contribution in [0.15, 0.2) is 95.9 Å². The van der Waals surface area contributed by atoms with Crippen molar-refractivity contribution in [1.29, 1.82) is 10.5 Å². The number of hydrogen-bond donors (Lipinski definition) is 0. The maximum Gasteiger partial charge on any atom is 0.268 e. The van der Waals surface area contributed by atoms with E-state index in [1.807, 2.05) is 73.7 Å². The lowest BCUT2D eigenvalue weighted by Gasteiger charge is -2.36. The topological polar surface area (TPSA) is 129 Å². The molecule has 2 aliphatic rings. The fourth-order valence-electron chi connectivity index (χ4n) is 6.95. The van der Waals surface area contributed by atoms with E-state index >= 15 is 0 Å². The number of nitrogens with zero attached hydrogens (tertiary/aromatic N) is 5. The first kappa shape index (κ1) is 33.9. The van der Waals surface area contributed by atoms with E-state index < -0.39 is 10.0 Å². The van der Waals surface area contributed by atoms with Gasteiger partial charge >= 0.3 is 0 Å². The zero-order valence-corrected chi connectivity index (χ0v) is 29.1. The van der Waals surface area contributed by atoms with Crippen molar-refractivity contribution in [2.45, 2.75) is 37.2 Å². The number of carbonyl (C=O) groups excluding carboxylic acids is 1. The second kappa shape index (κ2) is 14.3. The summed E-state index contributed by atoms with van der Waals surface area (Å²) in [4.78, 5) is 16.3. The molecule has 0 saturated carbocycles. The van der Waals surface area contributed by atoms with Gasteiger partial charge in [-0.15, -0.1) is 0 Å². The first-order valence-electron chi connectivity index (χ1n) is 17.0. The predicted octanol–water partition coefficient (Wildman–Crippen LogP) is 6.51. The third kappa shape index (κ3) is 6.66. The van der Waals surface area contributed by atoms with E-state index in [1.165, 1.54) is 3.97 Å². The van der Waals surface area contributed by atoms with Crippen LogP contribution in [0.1, 0.15) is 30.4 Å². The van der Waals surface area contributed by atoms with Gasteiger partial charge in [-0.2, -0.15) is 10.5 Å². The lowest BCUT2D eigenvalue weighted by molar-refractivity contribution is -0.130. The number of rotatable bonds is 8. The zero-order valence-electron chi connectivity index (χ0n) is 28.3. The number of carbonyl (C=O) groups is 1. The van der Waals surface area contributed by atoms with Crippen LogP contribution >= 0.6 is 0 Å². The van der Waals surface area contributed by atoms with Crippen LogP contribution < -0.4 is 9.64 Å². The number of ether oxygens (including phenoxy) is 2. The number of nitriles is 2. The smallest absolute Gasteiger partial charge is 0.268 e. The zero-order chi connectivity index (χ0) is 35.5. The van der Waals surface area contributed by atoms with Crippen LogP contribution in [0.5, 0.6) is 5.75 Å². The van der Waals surface area contributed by atoms with Gasteiger partial charge in [0.2, 0.25) is 5.91 Å². The van der Waals surface area contributed by atoms with Gasteiger partial charge in [0, 0.05) is 50.1 Å². The molecule has 0 aliphatic carbocycles. The summed E-state index contributed by atoms with van der Waals surface area (Å²) in [6, 6.07) is 31.8. The van der Waals surface area contributed by atoms with Crippen LogP contribution in [0.3, 0.4) is 0 Å². The van der Waals surface area contributed by atoms with Gasteiger partial charge in [-0.25, -0.2) is 12.4 Å². The van der Waals surface area contributed by atoms with Gasteiger partial charge in [0.05, 0.1) is 41.0 Å². The molecule has 0 N–H and O–H groups in total. The predicted molar refractivity (Wildman–Crippen MR) is 195 cm³/mol. The molecule has 0 atom stereocenters. The van der Waals surface area contributed by atoms with Crippen LogP contribution in [0.25, 0.3) is 33.3 Å². The Labute approximate surface area is 297 Å². The number of hydrogen-bond acceptors (Lipinski definition) is 8. The third-order valence-corrected chi connectivity index (χ3v) is 11.4. The highest BCUT2D eigenvalue weighted by Gasteiger charge is 2.27. The molecule has 258 valence electrons. The minimum Gasteiger partial charge on any atom is -0.489 e. The summed E-state index contributed by atoms with van der Waals surface area (Å²) >= 11 is 0. The molecule has 10 nitrogen and oxygen atoms in total. The number of aromatic nitrogens is 1. The molecule has 0 bridgehead atoms. The van der Waals surface area contributed by atoms with Crippen molar-refractivity contribution in [3.63, 3.8) is 0 Å². The molecule has 2 saturated heterocycles. The first-order valence-corrected chi connectivity index (χ1v) is 18.5. The first-order chi connectivity index (χ1) is 24.8. The molecule has 3 heterocycles. The fourth-order valence-corrected chi connectivity index (χ4v) is 8.56. The van der Waals surface area contributed by atoms with Gasteiger partial charge in [-0.1, -0.05) is 48.5 Å².